The van der Waals surface area contributed by atoms with Crippen molar-refractivity contribution >= 4 is 17.3 Å². The first-order chi connectivity index (χ1) is 14.5. The number of furan rings is 1. The molecule has 30 heavy (non-hydrogen) atoms. The summed E-state index contributed by atoms with van der Waals surface area (Å²) < 4.78 is 43.7. The van der Waals surface area contributed by atoms with Gasteiger partial charge in [0.2, 0.25) is 0 Å². The van der Waals surface area contributed by atoms with Crippen LogP contribution in [0.3, 0.4) is 0 Å². The van der Waals surface area contributed by atoms with Crippen molar-refractivity contribution in [3.8, 4) is 0 Å². The van der Waals surface area contributed by atoms with E-state index in [4.69, 9.17) is 9.41 Å². The summed E-state index contributed by atoms with van der Waals surface area (Å²) in [5.41, 5.74) is -0.828. The Morgan fingerprint density at radius 3 is 2.73 bits per heavy atom. The fraction of sp³-hybridized carbons (Fsp3) is 0.600. The summed E-state index contributed by atoms with van der Waals surface area (Å²) >= 11 is 1.03. The minimum absolute atomic E-state index is 0.0732. The highest BCUT2D eigenvalue weighted by atomic mass is 32.1. The van der Waals surface area contributed by atoms with E-state index >= 15 is 0 Å². The van der Waals surface area contributed by atoms with Gasteiger partial charge in [-0.05, 0) is 45.0 Å². The zero-order chi connectivity index (χ0) is 21.4. The maximum absolute atomic E-state index is 12.7. The first kappa shape index (κ1) is 22.6. The third-order valence-corrected chi connectivity index (χ3v) is 5.85. The SMILES string of the molecule is CCNC(=NCC(c1ccco1)N1CCCCC1)NCCc1nc(C(F)(F)F)cs1. The number of halogens is 3. The predicted molar refractivity (Wildman–Crippen MR) is 112 cm³/mol. The number of thiazole rings is 1. The van der Waals surface area contributed by atoms with Crippen LogP contribution in [-0.4, -0.2) is 48.6 Å². The standard InChI is InChI=1S/C20H28F3N5OS/c1-2-24-19(25-9-8-18-27-17(14-30-18)20(21,22)23)26-13-15(16-7-6-12-29-16)28-10-4-3-5-11-28/h6-7,12,14-15H,2-5,8-11,13H2,1H3,(H2,24,25,26). The van der Waals surface area contributed by atoms with Gasteiger partial charge in [-0.25, -0.2) is 4.98 Å². The molecule has 2 aromatic rings. The molecule has 166 valence electrons. The van der Waals surface area contributed by atoms with Crippen LogP contribution in [-0.2, 0) is 12.6 Å². The van der Waals surface area contributed by atoms with Crippen molar-refractivity contribution in [2.75, 3.05) is 32.7 Å². The molecule has 0 aromatic carbocycles. The van der Waals surface area contributed by atoms with E-state index in [9.17, 15) is 13.2 Å². The molecule has 0 bridgehead atoms. The first-order valence-corrected chi connectivity index (χ1v) is 11.2. The van der Waals surface area contributed by atoms with Gasteiger partial charge in [-0.2, -0.15) is 13.2 Å². The number of alkyl halides is 3. The molecule has 3 rings (SSSR count). The third kappa shape index (κ3) is 6.46. The van der Waals surface area contributed by atoms with Gasteiger partial charge in [-0.3, -0.25) is 9.89 Å². The number of aromatic nitrogens is 1. The molecule has 1 fully saturated rings. The lowest BCUT2D eigenvalue weighted by molar-refractivity contribution is -0.140. The van der Waals surface area contributed by atoms with Crippen LogP contribution in [0, 0.1) is 0 Å². The predicted octanol–water partition coefficient (Wildman–Crippen LogP) is 4.08. The fourth-order valence-electron chi connectivity index (χ4n) is 3.46. The van der Waals surface area contributed by atoms with E-state index in [-0.39, 0.29) is 6.04 Å². The van der Waals surface area contributed by atoms with Crippen molar-refractivity contribution in [3.05, 3.63) is 40.2 Å². The maximum Gasteiger partial charge on any atom is 0.434 e. The fourth-order valence-corrected chi connectivity index (χ4v) is 4.26. The summed E-state index contributed by atoms with van der Waals surface area (Å²) in [5.74, 6) is 1.54. The van der Waals surface area contributed by atoms with Crippen LogP contribution in [0.1, 0.15) is 48.7 Å². The summed E-state index contributed by atoms with van der Waals surface area (Å²) in [4.78, 5) is 10.8. The molecular weight excluding hydrogens is 415 g/mol. The lowest BCUT2D eigenvalue weighted by Crippen LogP contribution is -2.40. The van der Waals surface area contributed by atoms with E-state index in [1.165, 1.54) is 19.3 Å². The van der Waals surface area contributed by atoms with Crippen LogP contribution in [0.4, 0.5) is 13.2 Å². The van der Waals surface area contributed by atoms with E-state index in [0.717, 1.165) is 35.6 Å². The number of nitrogens with one attached hydrogen (secondary N) is 2. The number of guanidine groups is 1. The van der Waals surface area contributed by atoms with Crippen molar-refractivity contribution in [1.29, 1.82) is 0 Å². The molecule has 10 heteroatoms. The maximum atomic E-state index is 12.7. The number of hydrogen-bond acceptors (Lipinski definition) is 5. The van der Waals surface area contributed by atoms with E-state index in [1.807, 2.05) is 19.1 Å². The summed E-state index contributed by atoms with van der Waals surface area (Å²) in [5, 5.41) is 7.90. The molecule has 1 saturated heterocycles. The smallest absolute Gasteiger partial charge is 0.434 e. The van der Waals surface area contributed by atoms with Gasteiger partial charge in [0.1, 0.15) is 5.76 Å². The number of aliphatic imine (C=N–C) groups is 1. The molecule has 0 radical (unpaired) electrons. The Labute approximate surface area is 178 Å². The zero-order valence-corrected chi connectivity index (χ0v) is 17.9. The Balaban J connectivity index is 1.59. The Kier molecular flexibility index (Phi) is 8.15. The lowest BCUT2D eigenvalue weighted by Gasteiger charge is -2.32. The second-order valence-electron chi connectivity index (χ2n) is 7.15. The molecule has 1 unspecified atom stereocenters. The van der Waals surface area contributed by atoms with Gasteiger partial charge in [-0.15, -0.1) is 11.3 Å². The topological polar surface area (TPSA) is 65.7 Å². The highest BCUT2D eigenvalue weighted by Crippen LogP contribution is 2.30. The normalized spacial score (nSPS) is 17.1. The number of hydrogen-bond donors (Lipinski definition) is 2. The number of piperidine rings is 1. The van der Waals surface area contributed by atoms with Gasteiger partial charge < -0.3 is 15.1 Å². The third-order valence-electron chi connectivity index (χ3n) is 4.94. The molecule has 3 heterocycles. The van der Waals surface area contributed by atoms with Gasteiger partial charge in [0.05, 0.1) is 23.9 Å². The van der Waals surface area contributed by atoms with Crippen LogP contribution >= 0.6 is 11.3 Å². The molecule has 1 atom stereocenters. The molecule has 2 aromatic heterocycles. The molecule has 1 aliphatic heterocycles. The van der Waals surface area contributed by atoms with Crippen LogP contribution in [0.5, 0.6) is 0 Å². The average molecular weight is 444 g/mol. The van der Waals surface area contributed by atoms with Crippen molar-refractivity contribution in [1.82, 2.24) is 20.5 Å². The van der Waals surface area contributed by atoms with Gasteiger partial charge in [0, 0.05) is 24.9 Å². The van der Waals surface area contributed by atoms with Gasteiger partial charge in [0.15, 0.2) is 11.7 Å². The van der Waals surface area contributed by atoms with Crippen LogP contribution in [0.25, 0.3) is 0 Å². The van der Waals surface area contributed by atoms with Crippen molar-refractivity contribution in [2.24, 2.45) is 4.99 Å². The first-order valence-electron chi connectivity index (χ1n) is 10.3. The highest BCUT2D eigenvalue weighted by molar-refractivity contribution is 7.09. The van der Waals surface area contributed by atoms with Crippen molar-refractivity contribution in [2.45, 2.75) is 44.8 Å². The highest BCUT2D eigenvalue weighted by Gasteiger charge is 2.33. The number of likely N-dealkylation sites (tertiary alicyclic amines) is 1. The molecule has 0 aliphatic carbocycles. The van der Waals surface area contributed by atoms with Gasteiger partial charge in [0.25, 0.3) is 0 Å². The largest absolute Gasteiger partial charge is 0.468 e. The molecule has 1 aliphatic rings. The summed E-state index contributed by atoms with van der Waals surface area (Å²) in [6.07, 6.45) is 1.29. The second-order valence-corrected chi connectivity index (χ2v) is 8.09. The Morgan fingerprint density at radius 2 is 2.10 bits per heavy atom. The lowest BCUT2D eigenvalue weighted by atomic mass is 10.1. The quantitative estimate of drug-likeness (QED) is 0.475. The Morgan fingerprint density at radius 1 is 1.30 bits per heavy atom. The molecule has 0 spiro atoms. The van der Waals surface area contributed by atoms with E-state index < -0.39 is 11.9 Å². The molecule has 0 amide bonds. The minimum Gasteiger partial charge on any atom is -0.468 e. The zero-order valence-electron chi connectivity index (χ0n) is 17.0. The summed E-state index contributed by atoms with van der Waals surface area (Å²) in [6, 6.07) is 3.95. The van der Waals surface area contributed by atoms with E-state index in [0.29, 0.717) is 37.0 Å². The van der Waals surface area contributed by atoms with Crippen LogP contribution in [0.15, 0.2) is 33.2 Å². The molecular formula is C20H28F3N5OS. The van der Waals surface area contributed by atoms with Crippen molar-refractivity contribution in [3.63, 3.8) is 0 Å². The summed E-state index contributed by atoms with van der Waals surface area (Å²) in [6.45, 7) is 5.70. The minimum atomic E-state index is -4.39. The molecule has 2 N–H and O–H groups in total. The molecule has 6 nitrogen and oxygen atoms in total. The Bertz CT molecular complexity index is 785. The van der Waals surface area contributed by atoms with E-state index in [1.54, 1.807) is 6.26 Å². The van der Waals surface area contributed by atoms with Crippen LogP contribution in [0.2, 0.25) is 0 Å². The number of rotatable bonds is 8. The van der Waals surface area contributed by atoms with E-state index in [2.05, 4.69) is 20.5 Å². The van der Waals surface area contributed by atoms with Gasteiger partial charge >= 0.3 is 6.18 Å². The average Bonchev–Trinajstić information content (AvgIpc) is 3.41. The second kappa shape index (κ2) is 10.8. The summed E-state index contributed by atoms with van der Waals surface area (Å²) in [7, 11) is 0. The van der Waals surface area contributed by atoms with Gasteiger partial charge in [-0.1, -0.05) is 6.42 Å². The Hall–Kier alpha value is -2.07. The monoisotopic (exact) mass is 443 g/mol. The van der Waals surface area contributed by atoms with Crippen molar-refractivity contribution < 1.29 is 17.6 Å². The molecule has 0 saturated carbocycles. The van der Waals surface area contributed by atoms with Crippen LogP contribution < -0.4 is 10.6 Å². The number of nitrogens with zero attached hydrogens (tertiary/aromatic N) is 3.